The summed E-state index contributed by atoms with van der Waals surface area (Å²) in [6, 6.07) is 11.3. The number of amides is 1. The lowest BCUT2D eigenvalue weighted by molar-refractivity contribution is -0.380. The molecule has 11 heteroatoms. The second-order valence-corrected chi connectivity index (χ2v) is 6.19. The van der Waals surface area contributed by atoms with Crippen molar-refractivity contribution in [3.63, 3.8) is 0 Å². The first kappa shape index (κ1) is 19.3. The van der Waals surface area contributed by atoms with Crippen LogP contribution in [0, 0.1) is 10.1 Å². The molecule has 144 valence electrons. The summed E-state index contributed by atoms with van der Waals surface area (Å²) in [4.78, 5) is 22.0. The van der Waals surface area contributed by atoms with Gasteiger partial charge in [0.2, 0.25) is 0 Å². The molecule has 0 fully saturated rings. The lowest BCUT2D eigenvalue weighted by atomic mass is 10.2. The Kier molecular flexibility index (Phi) is 5.27. The van der Waals surface area contributed by atoms with Crippen LogP contribution in [0.5, 0.6) is 11.5 Å². The summed E-state index contributed by atoms with van der Waals surface area (Å²) >= 11 is 0.602. The van der Waals surface area contributed by atoms with E-state index in [1.165, 1.54) is 36.4 Å². The van der Waals surface area contributed by atoms with Crippen LogP contribution in [0.4, 0.5) is 23.9 Å². The Morgan fingerprint density at radius 2 is 1.64 bits per heavy atom. The van der Waals surface area contributed by atoms with Crippen LogP contribution >= 0.6 is 11.5 Å². The number of aromatic nitrogens is 1. The highest BCUT2D eigenvalue weighted by atomic mass is 32.1. The molecule has 1 N–H and O–H groups in total. The largest absolute Gasteiger partial charge is 0.457 e. The number of benzene rings is 2. The van der Waals surface area contributed by atoms with Gasteiger partial charge in [0.15, 0.2) is 0 Å². The Labute approximate surface area is 159 Å². The fourth-order valence-corrected chi connectivity index (χ4v) is 2.67. The number of anilines is 1. The first-order chi connectivity index (χ1) is 13.2. The Morgan fingerprint density at radius 3 is 2.14 bits per heavy atom. The van der Waals surface area contributed by atoms with Crippen LogP contribution < -0.4 is 10.1 Å². The predicted molar refractivity (Wildman–Crippen MR) is 94.7 cm³/mol. The van der Waals surface area contributed by atoms with Crippen LogP contribution in [0.3, 0.4) is 0 Å². The molecule has 1 aromatic heterocycles. The normalized spacial score (nSPS) is 11.1. The molecule has 3 aromatic rings. The molecule has 0 atom stereocenters. The number of ether oxygens (including phenoxy) is 1. The van der Waals surface area contributed by atoms with E-state index in [-0.39, 0.29) is 16.4 Å². The van der Waals surface area contributed by atoms with Crippen molar-refractivity contribution in [3.05, 3.63) is 76.0 Å². The number of alkyl halides is 3. The zero-order chi connectivity index (χ0) is 20.3. The molecular formula is C17H10F3N3O4S. The predicted octanol–water partition coefficient (Wildman–Crippen LogP) is 5.11. The molecule has 1 heterocycles. The summed E-state index contributed by atoms with van der Waals surface area (Å²) in [7, 11) is 0. The van der Waals surface area contributed by atoms with Gasteiger partial charge in [0.05, 0.1) is 16.6 Å². The van der Waals surface area contributed by atoms with Gasteiger partial charge in [-0.25, -0.2) is 0 Å². The summed E-state index contributed by atoms with van der Waals surface area (Å²) in [6.45, 7) is 0. The summed E-state index contributed by atoms with van der Waals surface area (Å²) in [5, 5.41) is 12.9. The average Bonchev–Trinajstić information content (AvgIpc) is 3.14. The minimum Gasteiger partial charge on any atom is -0.457 e. The van der Waals surface area contributed by atoms with Gasteiger partial charge in [0.1, 0.15) is 17.2 Å². The van der Waals surface area contributed by atoms with Gasteiger partial charge in [0.25, 0.3) is 5.91 Å². The van der Waals surface area contributed by atoms with Gasteiger partial charge in [-0.1, -0.05) is 0 Å². The van der Waals surface area contributed by atoms with E-state index in [4.69, 9.17) is 4.74 Å². The van der Waals surface area contributed by atoms with Gasteiger partial charge in [-0.2, -0.15) is 17.5 Å². The van der Waals surface area contributed by atoms with Crippen LogP contribution in [0.15, 0.2) is 54.6 Å². The van der Waals surface area contributed by atoms with Crippen LogP contribution in [-0.4, -0.2) is 15.2 Å². The second-order valence-electron chi connectivity index (χ2n) is 5.41. The third-order valence-corrected chi connectivity index (χ3v) is 4.18. The lowest BCUT2D eigenvalue weighted by Gasteiger charge is -2.09. The van der Waals surface area contributed by atoms with Crippen LogP contribution in [0.1, 0.15) is 16.1 Å². The molecule has 7 nitrogen and oxygen atoms in total. The van der Waals surface area contributed by atoms with Crippen molar-refractivity contribution in [1.29, 1.82) is 0 Å². The molecule has 0 aliphatic carbocycles. The SMILES string of the molecule is O=C(Nc1ccc(Oc2ccc(C(F)(F)F)cc2)cc1)c1cc([N+](=O)[O-])sn1. The molecule has 0 saturated carbocycles. The van der Waals surface area contributed by atoms with E-state index in [0.29, 0.717) is 23.0 Å². The molecule has 0 spiro atoms. The molecule has 0 saturated heterocycles. The fraction of sp³-hybridized carbons (Fsp3) is 0.0588. The summed E-state index contributed by atoms with van der Waals surface area (Å²) in [5.74, 6) is -0.0395. The number of nitro groups is 1. The van der Waals surface area contributed by atoms with Gasteiger partial charge in [-0.15, -0.1) is 0 Å². The van der Waals surface area contributed by atoms with E-state index < -0.39 is 22.6 Å². The minimum absolute atomic E-state index is 0.0817. The molecule has 1 amide bonds. The van der Waals surface area contributed by atoms with Crippen LogP contribution in [-0.2, 0) is 6.18 Å². The molecule has 0 radical (unpaired) electrons. The molecule has 0 unspecified atom stereocenters. The highest BCUT2D eigenvalue weighted by molar-refractivity contribution is 7.09. The van der Waals surface area contributed by atoms with Crippen molar-refractivity contribution < 1.29 is 27.6 Å². The minimum atomic E-state index is -4.42. The molecule has 3 rings (SSSR count). The second kappa shape index (κ2) is 7.64. The number of hydrogen-bond acceptors (Lipinski definition) is 6. The zero-order valence-corrected chi connectivity index (χ0v) is 14.6. The summed E-state index contributed by atoms with van der Waals surface area (Å²) in [5.41, 5.74) is -0.470. The maximum absolute atomic E-state index is 12.5. The van der Waals surface area contributed by atoms with Crippen LogP contribution in [0.2, 0.25) is 0 Å². The molecular weight excluding hydrogens is 399 g/mol. The average molecular weight is 409 g/mol. The molecule has 0 aliphatic rings. The first-order valence-corrected chi connectivity index (χ1v) is 8.37. The van der Waals surface area contributed by atoms with Crippen LogP contribution in [0.25, 0.3) is 0 Å². The maximum Gasteiger partial charge on any atom is 0.416 e. The highest BCUT2D eigenvalue weighted by Gasteiger charge is 2.30. The van der Waals surface area contributed by atoms with E-state index in [2.05, 4.69) is 9.69 Å². The zero-order valence-electron chi connectivity index (χ0n) is 13.8. The maximum atomic E-state index is 12.5. The van der Waals surface area contributed by atoms with Crippen molar-refractivity contribution in [2.24, 2.45) is 0 Å². The van der Waals surface area contributed by atoms with E-state index in [0.717, 1.165) is 18.2 Å². The first-order valence-electron chi connectivity index (χ1n) is 7.60. The smallest absolute Gasteiger partial charge is 0.416 e. The van der Waals surface area contributed by atoms with Crippen molar-refractivity contribution in [2.45, 2.75) is 6.18 Å². The molecule has 2 aromatic carbocycles. The third kappa shape index (κ3) is 4.62. The third-order valence-electron chi connectivity index (χ3n) is 3.44. The Morgan fingerprint density at radius 1 is 1.07 bits per heavy atom. The topological polar surface area (TPSA) is 94.4 Å². The highest BCUT2D eigenvalue weighted by Crippen LogP contribution is 2.31. The van der Waals surface area contributed by atoms with Gasteiger partial charge in [0, 0.05) is 17.2 Å². The van der Waals surface area contributed by atoms with Crippen molar-refractivity contribution in [2.75, 3.05) is 5.32 Å². The number of nitrogens with one attached hydrogen (secondary N) is 1. The van der Waals surface area contributed by atoms with Crippen molar-refractivity contribution in [1.82, 2.24) is 4.37 Å². The summed E-state index contributed by atoms with van der Waals surface area (Å²) < 4.78 is 46.8. The van der Waals surface area contributed by atoms with E-state index in [9.17, 15) is 28.1 Å². The van der Waals surface area contributed by atoms with E-state index in [1.807, 2.05) is 0 Å². The number of carbonyl (C=O) groups excluding carboxylic acids is 1. The van der Waals surface area contributed by atoms with Crippen molar-refractivity contribution >= 4 is 28.1 Å². The van der Waals surface area contributed by atoms with Gasteiger partial charge >= 0.3 is 11.2 Å². The lowest BCUT2D eigenvalue weighted by Crippen LogP contribution is -2.11. The number of carbonyl (C=O) groups is 1. The monoisotopic (exact) mass is 409 g/mol. The molecule has 0 aliphatic heterocycles. The van der Waals surface area contributed by atoms with Crippen molar-refractivity contribution in [3.8, 4) is 11.5 Å². The number of hydrogen-bond donors (Lipinski definition) is 1. The van der Waals surface area contributed by atoms with Gasteiger partial charge in [-0.05, 0) is 48.5 Å². The summed E-state index contributed by atoms with van der Waals surface area (Å²) in [6.07, 6.45) is -4.42. The molecule has 28 heavy (non-hydrogen) atoms. The van der Waals surface area contributed by atoms with Gasteiger partial charge in [-0.3, -0.25) is 14.9 Å². The van der Waals surface area contributed by atoms with E-state index >= 15 is 0 Å². The molecule has 0 bridgehead atoms. The Balaban J connectivity index is 1.63. The number of nitrogens with zero attached hydrogens (tertiary/aromatic N) is 2. The Hall–Kier alpha value is -3.47. The van der Waals surface area contributed by atoms with Gasteiger partial charge < -0.3 is 10.1 Å². The quantitative estimate of drug-likeness (QED) is 0.467. The van der Waals surface area contributed by atoms with E-state index in [1.54, 1.807) is 0 Å². The number of rotatable bonds is 5. The fourth-order valence-electron chi connectivity index (χ4n) is 2.11. The Bertz CT molecular complexity index is 1000. The standard InChI is InChI=1S/C17H10F3N3O4S/c18-17(19,20)10-1-5-12(6-2-10)27-13-7-3-11(4-8-13)21-16(24)14-9-15(23(25)26)28-22-14/h1-9H,(H,21,24). The number of halogens is 3.